The Morgan fingerprint density at radius 2 is 1.02 bits per heavy atom. The Labute approximate surface area is 461 Å². The van der Waals surface area contributed by atoms with Gasteiger partial charge < -0.3 is 51.8 Å². The van der Waals surface area contributed by atoms with E-state index in [-0.39, 0.29) is 51.8 Å². The van der Waals surface area contributed by atoms with Crippen LogP contribution in [-0.4, -0.2) is 75.9 Å². The van der Waals surface area contributed by atoms with Crippen LogP contribution in [0.4, 0.5) is 0 Å². The Balaban J connectivity index is 0.000000178. The number of aromatic nitrogens is 14. The normalized spacial score (nSPS) is 13.4. The SMILES string of the molecule is CC(C)Oc1cnc(-c2ccccn2)[nH]c1=O.Cc1cnc(-c2ccccn2)[nH]c1=O.Cc1cnc(C(C)(C)N)[nH]c1=O.Cc1cnc(C2(N)CCCC2)[nH]c1=O.Cc1cnc(C2CCCC2)[nH]c1=O.Cc1cnc(CN)[nH]c1=O. The molecule has 12 N–H and O–H groups in total. The lowest BCUT2D eigenvalue weighted by atomic mass is 9.98. The highest BCUT2D eigenvalue weighted by atomic mass is 16.5. The van der Waals surface area contributed by atoms with Crippen molar-refractivity contribution in [3.8, 4) is 28.8 Å². The minimum absolute atomic E-state index is 0.0110. The topological polar surface area (TPSA) is 388 Å². The second kappa shape index (κ2) is 29.3. The van der Waals surface area contributed by atoms with Crippen molar-refractivity contribution in [3.63, 3.8) is 0 Å². The molecule has 8 aromatic heterocycles. The van der Waals surface area contributed by atoms with Crippen molar-refractivity contribution in [3.05, 3.63) is 199 Å². The monoisotopic (exact) mass is 1100 g/mol. The second-order valence-corrected chi connectivity index (χ2v) is 20.1. The van der Waals surface area contributed by atoms with E-state index in [1.807, 2.05) is 32.0 Å². The highest BCUT2D eigenvalue weighted by molar-refractivity contribution is 5.48. The second-order valence-electron chi connectivity index (χ2n) is 20.1. The molecule has 2 fully saturated rings. The standard InChI is InChI=1S/C12H13N3O2.C10H15N3O.C10H9N3O.C10H14N2O.C8H13N3O.C6H9N3O/c1-8(2)17-10-7-14-11(15-12(10)16)9-5-3-4-6-13-9;1-7-6-12-9(13-8(7)14)10(11)4-2-3-5-10;1-7-6-12-9(13-10(7)14)8-4-2-3-5-11-8;1-7-6-11-9(12-10(7)13)8-4-2-3-5-8;1-5-4-10-7(8(2,3)9)11-6(5)12;1-4-3-8-5(2-7)9-6(4)10/h3-8H,1-2H3,(H,14,15,16);6H,2-5,11H2,1H3,(H,12,13,14);2-6H,1H3,(H,12,13,14);6,8H,2-5H2,1H3,(H,11,12,13);4H,9H2,1-3H3,(H,10,11,12);3H,2,7H2,1H3,(H,8,9,10). The van der Waals surface area contributed by atoms with Gasteiger partial charge >= 0.3 is 0 Å². The fourth-order valence-electron chi connectivity index (χ4n) is 7.66. The van der Waals surface area contributed by atoms with Crippen LogP contribution in [0.3, 0.4) is 0 Å². The number of aryl methyl sites for hydroxylation is 5. The number of H-pyrrole nitrogens is 6. The lowest BCUT2D eigenvalue weighted by Crippen LogP contribution is -2.37. The lowest BCUT2D eigenvalue weighted by molar-refractivity contribution is 0.238. The molecule has 0 aromatic carbocycles. The molecule has 8 heterocycles. The van der Waals surface area contributed by atoms with Gasteiger partial charge in [-0.25, -0.2) is 29.9 Å². The Hall–Kier alpha value is -8.74. The molecule has 0 radical (unpaired) electrons. The smallest absolute Gasteiger partial charge is 0.293 e. The summed E-state index contributed by atoms with van der Waals surface area (Å²) < 4.78 is 5.31. The minimum atomic E-state index is -0.590. The van der Waals surface area contributed by atoms with Crippen LogP contribution in [0.25, 0.3) is 23.0 Å². The van der Waals surface area contributed by atoms with Crippen molar-refractivity contribution in [2.75, 3.05) is 0 Å². The molecule has 0 saturated heterocycles. The van der Waals surface area contributed by atoms with E-state index in [4.69, 9.17) is 21.9 Å². The molecule has 0 aliphatic heterocycles. The zero-order valence-corrected chi connectivity index (χ0v) is 46.8. The van der Waals surface area contributed by atoms with Crippen LogP contribution in [0.1, 0.15) is 136 Å². The summed E-state index contributed by atoms with van der Waals surface area (Å²) in [6.45, 7) is 16.2. The van der Waals surface area contributed by atoms with Crippen molar-refractivity contribution >= 4 is 0 Å². The first-order valence-corrected chi connectivity index (χ1v) is 26.1. The van der Waals surface area contributed by atoms with Crippen LogP contribution in [0.15, 0.2) is 115 Å². The minimum Gasteiger partial charge on any atom is -0.484 e. The number of rotatable bonds is 8. The summed E-state index contributed by atoms with van der Waals surface area (Å²) in [5, 5.41) is 0. The van der Waals surface area contributed by atoms with Crippen molar-refractivity contribution in [1.29, 1.82) is 0 Å². The Kier molecular flexibility index (Phi) is 22.7. The first-order chi connectivity index (χ1) is 38.0. The van der Waals surface area contributed by atoms with Crippen LogP contribution in [-0.2, 0) is 17.6 Å². The van der Waals surface area contributed by atoms with Crippen molar-refractivity contribution in [2.24, 2.45) is 17.2 Å². The summed E-state index contributed by atoms with van der Waals surface area (Å²) in [5.74, 6) is 4.22. The molecule has 0 bridgehead atoms. The highest BCUT2D eigenvalue weighted by Crippen LogP contribution is 2.34. The van der Waals surface area contributed by atoms with Crippen LogP contribution >= 0.6 is 0 Å². The average molecular weight is 1100 g/mol. The van der Waals surface area contributed by atoms with E-state index in [0.717, 1.165) is 31.5 Å². The van der Waals surface area contributed by atoms with E-state index in [1.54, 1.807) is 97.6 Å². The molecule has 24 heteroatoms. The van der Waals surface area contributed by atoms with Crippen LogP contribution in [0.5, 0.6) is 5.75 Å². The van der Waals surface area contributed by atoms with E-state index < -0.39 is 11.1 Å². The summed E-state index contributed by atoms with van der Waals surface area (Å²) in [5.41, 5.74) is 19.9. The van der Waals surface area contributed by atoms with Gasteiger partial charge in [0.2, 0.25) is 5.75 Å². The van der Waals surface area contributed by atoms with Gasteiger partial charge in [0.1, 0.15) is 34.7 Å². The number of hydrogen-bond acceptors (Lipinski definition) is 18. The van der Waals surface area contributed by atoms with Crippen LogP contribution in [0, 0.1) is 34.6 Å². The summed E-state index contributed by atoms with van der Waals surface area (Å²) in [7, 11) is 0. The van der Waals surface area contributed by atoms with E-state index in [9.17, 15) is 28.8 Å². The molecule has 0 spiro atoms. The molecule has 10 rings (SSSR count). The predicted octanol–water partition coefficient (Wildman–Crippen LogP) is 5.11. The number of nitrogens with two attached hydrogens (primary N) is 3. The summed E-state index contributed by atoms with van der Waals surface area (Å²) in [6.07, 6.45) is 21.5. The molecule has 24 nitrogen and oxygen atoms in total. The van der Waals surface area contributed by atoms with Crippen LogP contribution in [0.2, 0.25) is 0 Å². The van der Waals surface area contributed by atoms with E-state index in [1.165, 1.54) is 44.3 Å². The van der Waals surface area contributed by atoms with Gasteiger partial charge in [-0.1, -0.05) is 37.8 Å². The first-order valence-electron chi connectivity index (χ1n) is 26.1. The van der Waals surface area contributed by atoms with E-state index in [0.29, 0.717) is 74.2 Å². The Bertz CT molecular complexity index is 3610. The third kappa shape index (κ3) is 18.7. The van der Waals surface area contributed by atoms with Gasteiger partial charge in [0.25, 0.3) is 33.4 Å². The molecule has 0 atom stereocenters. The number of pyridine rings is 2. The Morgan fingerprint density at radius 1 is 0.562 bits per heavy atom. The largest absolute Gasteiger partial charge is 0.484 e. The quantitative estimate of drug-likeness (QED) is 0.0954. The first kappa shape index (κ1) is 62.1. The number of nitrogens with zero attached hydrogens (tertiary/aromatic N) is 8. The highest BCUT2D eigenvalue weighted by Gasteiger charge is 2.33. The molecule has 2 aliphatic rings. The van der Waals surface area contributed by atoms with Gasteiger partial charge in [0.05, 0.1) is 29.9 Å². The van der Waals surface area contributed by atoms with Gasteiger partial charge in [0, 0.05) is 77.1 Å². The molecule has 2 saturated carbocycles. The maximum Gasteiger partial charge on any atom is 0.293 e. The summed E-state index contributed by atoms with van der Waals surface area (Å²) >= 11 is 0. The average Bonchev–Trinajstić information content (AvgIpc) is 4.16. The zero-order valence-electron chi connectivity index (χ0n) is 46.8. The molecule has 0 amide bonds. The third-order valence-corrected chi connectivity index (χ3v) is 12.4. The van der Waals surface area contributed by atoms with Crippen molar-refractivity contribution in [1.82, 2.24) is 69.8 Å². The fourth-order valence-corrected chi connectivity index (χ4v) is 7.66. The lowest BCUT2D eigenvalue weighted by Gasteiger charge is -2.21. The molecule has 8 aromatic rings. The molecule has 0 unspecified atom stereocenters. The summed E-state index contributed by atoms with van der Waals surface area (Å²) in [4.78, 5) is 117. The molecular weight excluding hydrogens is 1020 g/mol. The van der Waals surface area contributed by atoms with Gasteiger partial charge in [0.15, 0.2) is 11.6 Å². The maximum absolute atomic E-state index is 11.7. The van der Waals surface area contributed by atoms with Gasteiger partial charge in [-0.15, -0.1) is 0 Å². The van der Waals surface area contributed by atoms with E-state index in [2.05, 4.69) is 69.8 Å². The Morgan fingerprint density at radius 3 is 1.48 bits per heavy atom. The molecular formula is C56H73N17O7. The van der Waals surface area contributed by atoms with Gasteiger partial charge in [-0.05, 0) is 112 Å². The zero-order chi connectivity index (χ0) is 58.6. The predicted molar refractivity (Wildman–Crippen MR) is 306 cm³/mol. The molecule has 80 heavy (non-hydrogen) atoms. The van der Waals surface area contributed by atoms with Gasteiger partial charge in [-0.2, -0.15) is 0 Å². The van der Waals surface area contributed by atoms with Crippen LogP contribution < -0.4 is 55.3 Å². The van der Waals surface area contributed by atoms with Crippen molar-refractivity contribution < 1.29 is 4.74 Å². The molecule has 424 valence electrons. The summed E-state index contributed by atoms with van der Waals surface area (Å²) in [6, 6.07) is 10.9. The number of hydrogen-bond donors (Lipinski definition) is 9. The van der Waals surface area contributed by atoms with E-state index >= 15 is 0 Å². The maximum atomic E-state index is 11.7. The number of ether oxygens (including phenoxy) is 1. The molecule has 2 aliphatic carbocycles. The number of aromatic amines is 6. The van der Waals surface area contributed by atoms with Crippen molar-refractivity contribution in [2.45, 2.75) is 143 Å². The third-order valence-electron chi connectivity index (χ3n) is 12.4. The van der Waals surface area contributed by atoms with Gasteiger partial charge in [-0.3, -0.25) is 38.7 Å². The fraction of sp³-hybridized carbons (Fsp3) is 0.393. The number of nitrogens with one attached hydrogen (secondary N) is 6.